The Balaban J connectivity index is 2.06. The summed E-state index contributed by atoms with van der Waals surface area (Å²) in [5.41, 5.74) is 0.648. The number of aromatic amines is 1. The largest absolute Gasteiger partial charge is 0.394 e. The molecular weight excluding hydrogens is 270 g/mol. The Morgan fingerprint density at radius 3 is 2.89 bits per heavy atom. The van der Waals surface area contributed by atoms with E-state index in [1.165, 1.54) is 6.33 Å². The Morgan fingerprint density at radius 2 is 2.21 bits per heavy atom. The Bertz CT molecular complexity index is 655. The molecule has 0 bridgehead atoms. The first kappa shape index (κ1) is 12.7. The highest BCUT2D eigenvalue weighted by molar-refractivity contribution is 7.71. The van der Waals surface area contributed by atoms with Gasteiger partial charge in [-0.3, -0.25) is 0 Å². The molecule has 0 radical (unpaired) electrons. The van der Waals surface area contributed by atoms with Crippen LogP contribution in [0.25, 0.3) is 11.0 Å². The van der Waals surface area contributed by atoms with E-state index in [4.69, 9.17) is 22.1 Å². The lowest BCUT2D eigenvalue weighted by molar-refractivity contribution is -0.0508. The van der Waals surface area contributed by atoms with Gasteiger partial charge in [-0.25, -0.2) is 4.98 Å². The number of aliphatic hydroxyl groups excluding tert-OH is 3. The van der Waals surface area contributed by atoms with Gasteiger partial charge in [0.1, 0.15) is 28.6 Å². The van der Waals surface area contributed by atoms with Gasteiger partial charge in [0.15, 0.2) is 6.23 Å². The highest BCUT2D eigenvalue weighted by atomic mass is 32.1. The molecule has 1 fully saturated rings. The molecule has 1 aliphatic rings. The lowest BCUT2D eigenvalue weighted by atomic mass is 10.1. The van der Waals surface area contributed by atoms with Crippen molar-refractivity contribution in [2.24, 2.45) is 0 Å². The number of aromatic nitrogens is 3. The third-order valence-electron chi connectivity index (χ3n) is 3.32. The molecule has 3 rings (SSSR count). The van der Waals surface area contributed by atoms with Crippen LogP contribution in [-0.4, -0.2) is 54.8 Å². The standard InChI is InChI=1S/C11H13N3O4S/c15-3-6-7(16)8(17)11(18-6)14-2-1-5-9(14)12-4-13-10(5)19/h1-2,4,6-8,11,15-17H,3H2,(H,12,13,19)/t6-,7+,8?,11-/m1/s1. The Morgan fingerprint density at radius 1 is 1.42 bits per heavy atom. The number of nitrogens with zero attached hydrogens (tertiary/aromatic N) is 2. The smallest absolute Gasteiger partial charge is 0.164 e. The number of aliphatic hydroxyl groups is 3. The molecule has 8 heteroatoms. The fourth-order valence-electron chi connectivity index (χ4n) is 2.32. The van der Waals surface area contributed by atoms with Crippen LogP contribution in [0.3, 0.4) is 0 Å². The van der Waals surface area contributed by atoms with Gasteiger partial charge in [0.05, 0.1) is 18.3 Å². The van der Waals surface area contributed by atoms with Crippen LogP contribution in [0, 0.1) is 4.64 Å². The number of rotatable bonds is 2. The topological polar surface area (TPSA) is 104 Å². The van der Waals surface area contributed by atoms with Crippen molar-refractivity contribution in [3.05, 3.63) is 23.2 Å². The third kappa shape index (κ3) is 1.88. The molecule has 3 heterocycles. The fourth-order valence-corrected chi connectivity index (χ4v) is 2.53. The summed E-state index contributed by atoms with van der Waals surface area (Å²) in [4.78, 5) is 6.90. The van der Waals surface area contributed by atoms with Crippen molar-refractivity contribution >= 4 is 23.3 Å². The molecule has 0 aliphatic carbocycles. The summed E-state index contributed by atoms with van der Waals surface area (Å²) in [6, 6.07) is 1.76. The number of ether oxygens (including phenoxy) is 1. The van der Waals surface area contributed by atoms with E-state index in [2.05, 4.69) is 9.97 Å². The Hall–Kier alpha value is -1.32. The van der Waals surface area contributed by atoms with Crippen molar-refractivity contribution in [1.29, 1.82) is 0 Å². The van der Waals surface area contributed by atoms with Crippen LogP contribution in [0.15, 0.2) is 18.6 Å². The summed E-state index contributed by atoms with van der Waals surface area (Å²) in [7, 11) is 0. The maximum Gasteiger partial charge on any atom is 0.164 e. The molecule has 0 amide bonds. The second-order valence-corrected chi connectivity index (χ2v) is 4.81. The molecular formula is C11H13N3O4S. The van der Waals surface area contributed by atoms with Crippen molar-refractivity contribution in [3.63, 3.8) is 0 Å². The van der Waals surface area contributed by atoms with E-state index in [0.29, 0.717) is 10.3 Å². The van der Waals surface area contributed by atoms with Gasteiger partial charge in [-0.05, 0) is 6.07 Å². The summed E-state index contributed by atoms with van der Waals surface area (Å²) in [6.45, 7) is -0.356. The average Bonchev–Trinajstić information content (AvgIpc) is 2.94. The van der Waals surface area contributed by atoms with Gasteiger partial charge in [-0.2, -0.15) is 0 Å². The molecule has 0 aromatic carbocycles. The quantitative estimate of drug-likeness (QED) is 0.565. The van der Waals surface area contributed by atoms with Gasteiger partial charge in [0, 0.05) is 6.20 Å². The summed E-state index contributed by atoms with van der Waals surface area (Å²) < 4.78 is 7.55. The van der Waals surface area contributed by atoms with Crippen molar-refractivity contribution in [3.8, 4) is 0 Å². The van der Waals surface area contributed by atoms with Gasteiger partial charge in [0.2, 0.25) is 0 Å². The molecule has 2 aromatic heterocycles. The highest BCUT2D eigenvalue weighted by Gasteiger charge is 2.43. The second-order valence-electron chi connectivity index (χ2n) is 4.42. The third-order valence-corrected chi connectivity index (χ3v) is 3.65. The molecule has 4 N–H and O–H groups in total. The van der Waals surface area contributed by atoms with Gasteiger partial charge in [-0.15, -0.1) is 0 Å². The minimum Gasteiger partial charge on any atom is -0.394 e. The fraction of sp³-hybridized carbons (Fsp3) is 0.455. The summed E-state index contributed by atoms with van der Waals surface area (Å²) in [6.07, 6.45) is -0.679. The molecule has 1 saturated heterocycles. The number of fused-ring (bicyclic) bond motifs is 1. The number of nitrogens with one attached hydrogen (secondary N) is 1. The van der Waals surface area contributed by atoms with E-state index in [1.807, 2.05) is 0 Å². The minimum absolute atomic E-state index is 0.356. The zero-order chi connectivity index (χ0) is 13.6. The predicted octanol–water partition coefficient (Wildman–Crippen LogP) is -0.295. The van der Waals surface area contributed by atoms with Gasteiger partial charge < -0.3 is 29.6 Å². The molecule has 0 spiro atoms. The van der Waals surface area contributed by atoms with E-state index in [-0.39, 0.29) is 6.61 Å². The van der Waals surface area contributed by atoms with Crippen molar-refractivity contribution in [2.75, 3.05) is 6.61 Å². The van der Waals surface area contributed by atoms with Crippen LogP contribution in [0.1, 0.15) is 6.23 Å². The predicted molar refractivity (Wildman–Crippen MR) is 67.9 cm³/mol. The zero-order valence-corrected chi connectivity index (χ0v) is 10.6. The van der Waals surface area contributed by atoms with E-state index in [9.17, 15) is 10.2 Å². The second kappa shape index (κ2) is 4.66. The molecule has 0 saturated carbocycles. The molecule has 4 atom stereocenters. The van der Waals surface area contributed by atoms with E-state index in [1.54, 1.807) is 16.8 Å². The first-order valence-electron chi connectivity index (χ1n) is 5.80. The molecule has 1 aliphatic heterocycles. The summed E-state index contributed by atoms with van der Waals surface area (Å²) >= 11 is 5.10. The Kier molecular flexibility index (Phi) is 3.11. The lowest BCUT2D eigenvalue weighted by Crippen LogP contribution is -2.33. The average molecular weight is 283 g/mol. The number of hydrogen-bond donors (Lipinski definition) is 4. The van der Waals surface area contributed by atoms with Gasteiger partial charge in [0.25, 0.3) is 0 Å². The van der Waals surface area contributed by atoms with Crippen molar-refractivity contribution in [2.45, 2.75) is 24.5 Å². The van der Waals surface area contributed by atoms with E-state index >= 15 is 0 Å². The Labute approximate surface area is 113 Å². The maximum atomic E-state index is 10.00. The molecule has 7 nitrogen and oxygen atoms in total. The minimum atomic E-state index is -1.13. The van der Waals surface area contributed by atoms with Crippen LogP contribution in [0.2, 0.25) is 0 Å². The van der Waals surface area contributed by atoms with E-state index in [0.717, 1.165) is 5.39 Å². The summed E-state index contributed by atoms with van der Waals surface area (Å²) in [5.74, 6) is 0. The van der Waals surface area contributed by atoms with Gasteiger partial charge >= 0.3 is 0 Å². The highest BCUT2D eigenvalue weighted by Crippen LogP contribution is 2.31. The number of H-pyrrole nitrogens is 1. The summed E-state index contributed by atoms with van der Waals surface area (Å²) in [5, 5.41) is 29.6. The SMILES string of the molecule is OC[C@H]1O[C@@H](n2ccc3c(=S)nc[nH]c32)C(O)[C@H]1O. The van der Waals surface area contributed by atoms with Crippen molar-refractivity contribution in [1.82, 2.24) is 14.5 Å². The molecule has 1 unspecified atom stereocenters. The number of hydrogen-bond acceptors (Lipinski definition) is 6. The maximum absolute atomic E-state index is 10.00. The van der Waals surface area contributed by atoms with Crippen LogP contribution in [-0.2, 0) is 4.74 Å². The normalized spacial score (nSPS) is 31.1. The zero-order valence-electron chi connectivity index (χ0n) is 9.80. The monoisotopic (exact) mass is 283 g/mol. The van der Waals surface area contributed by atoms with Gasteiger partial charge in [-0.1, -0.05) is 12.2 Å². The van der Waals surface area contributed by atoms with Crippen LogP contribution >= 0.6 is 12.2 Å². The van der Waals surface area contributed by atoms with Crippen LogP contribution in [0.5, 0.6) is 0 Å². The van der Waals surface area contributed by atoms with Crippen LogP contribution in [0.4, 0.5) is 0 Å². The molecule has 2 aromatic rings. The van der Waals surface area contributed by atoms with Crippen LogP contribution < -0.4 is 0 Å². The lowest BCUT2D eigenvalue weighted by Gasteiger charge is -2.17. The van der Waals surface area contributed by atoms with E-state index < -0.39 is 24.5 Å². The first-order valence-corrected chi connectivity index (χ1v) is 6.21. The first-order chi connectivity index (χ1) is 9.13. The van der Waals surface area contributed by atoms with Crippen molar-refractivity contribution < 1.29 is 20.1 Å². The molecule has 102 valence electrons. The molecule has 19 heavy (non-hydrogen) atoms.